The third-order valence-electron chi connectivity index (χ3n) is 1.29. The van der Waals surface area contributed by atoms with Crippen molar-refractivity contribution in [3.8, 4) is 0 Å². The molecule has 0 aliphatic rings. The van der Waals surface area contributed by atoms with Gasteiger partial charge in [0.15, 0.2) is 0 Å². The molecule has 0 bridgehead atoms. The molecule has 0 aliphatic carbocycles. The first-order valence-electron chi connectivity index (χ1n) is 4.04. The van der Waals surface area contributed by atoms with E-state index >= 15 is 0 Å². The summed E-state index contributed by atoms with van der Waals surface area (Å²) in [5.41, 5.74) is -0.295. The van der Waals surface area contributed by atoms with Crippen molar-refractivity contribution in [2.45, 2.75) is 25.2 Å². The van der Waals surface area contributed by atoms with Gasteiger partial charge in [-0.05, 0) is 34.0 Å². The van der Waals surface area contributed by atoms with E-state index in [-0.39, 0.29) is 11.4 Å². The Labute approximate surface area is 79.5 Å². The average Bonchev–Trinajstić information content (AvgIpc) is 1.84. The van der Waals surface area contributed by atoms with Crippen molar-refractivity contribution in [3.05, 3.63) is 0 Å². The fourth-order valence-electron chi connectivity index (χ4n) is 0.789. The van der Waals surface area contributed by atoms with Crippen molar-refractivity contribution in [3.63, 3.8) is 0 Å². The lowest BCUT2D eigenvalue weighted by molar-refractivity contribution is -0.144. The minimum absolute atomic E-state index is 0.167. The van der Waals surface area contributed by atoms with E-state index in [0.717, 1.165) is 13.0 Å². The third kappa shape index (κ3) is 7.88. The number of ether oxygens (including phenoxy) is 1. The van der Waals surface area contributed by atoms with Crippen LogP contribution in [0.1, 0.15) is 19.8 Å². The van der Waals surface area contributed by atoms with Crippen LogP contribution in [-0.4, -0.2) is 36.9 Å². The zero-order valence-electron chi connectivity index (χ0n) is 7.91. The van der Waals surface area contributed by atoms with Gasteiger partial charge < -0.3 is 9.64 Å². The zero-order valence-corrected chi connectivity index (χ0v) is 8.80. The van der Waals surface area contributed by atoms with E-state index in [9.17, 15) is 4.79 Å². The van der Waals surface area contributed by atoms with Crippen LogP contribution in [0.25, 0.3) is 0 Å². The lowest BCUT2D eigenvalue weighted by Gasteiger charge is -2.09. The Kier molecular flexibility index (Phi) is 6.20. The number of carbonyl (C=O) groups is 1. The largest absolute Gasteiger partial charge is 0.452 e. The monoisotopic (exact) mass is 191 g/mol. The predicted molar refractivity (Wildman–Crippen MR) is 52.3 cm³/mol. The average molecular weight is 191 g/mol. The first-order chi connectivity index (χ1) is 5.52. The second-order valence-corrected chi connectivity index (χ2v) is 3.72. The molecule has 12 heavy (non-hydrogen) atoms. The molecule has 1 atom stereocenters. The van der Waals surface area contributed by atoms with Crippen LogP contribution in [0, 0.1) is 0 Å². The fraction of sp³-hybridized carbons (Fsp3) is 0.875. The predicted octanol–water partition coefficient (Wildman–Crippen LogP) is 1.15. The van der Waals surface area contributed by atoms with Crippen LogP contribution in [0.2, 0.25) is 0 Å². The highest BCUT2D eigenvalue weighted by atomic mass is 32.1. The molecule has 0 aliphatic heterocycles. The van der Waals surface area contributed by atoms with Gasteiger partial charge >= 0.3 is 5.97 Å². The number of carbonyl (C=O) groups excluding carboxylic acids is 1. The lowest BCUT2D eigenvalue weighted by atomic mass is 10.3. The van der Waals surface area contributed by atoms with Crippen LogP contribution in [0.3, 0.4) is 0 Å². The zero-order chi connectivity index (χ0) is 9.56. The van der Waals surface area contributed by atoms with E-state index in [4.69, 9.17) is 4.74 Å². The molecule has 0 rings (SSSR count). The van der Waals surface area contributed by atoms with Gasteiger partial charge in [-0.1, -0.05) is 0 Å². The molecule has 0 amide bonds. The van der Waals surface area contributed by atoms with Crippen LogP contribution in [0.4, 0.5) is 0 Å². The minimum atomic E-state index is -0.295. The summed E-state index contributed by atoms with van der Waals surface area (Å²) in [5, 5.41) is 0. The summed E-state index contributed by atoms with van der Waals surface area (Å²) in [6.07, 6.45) is 1.31. The molecule has 1 unspecified atom stereocenters. The Morgan fingerprint density at radius 1 is 1.58 bits per heavy atom. The molecule has 0 radical (unpaired) electrons. The molecule has 0 heterocycles. The molecule has 4 heteroatoms. The van der Waals surface area contributed by atoms with E-state index in [2.05, 4.69) is 12.6 Å². The summed E-state index contributed by atoms with van der Waals surface area (Å²) >= 11 is 3.95. The van der Waals surface area contributed by atoms with Gasteiger partial charge in [-0.15, -0.1) is 12.6 Å². The van der Waals surface area contributed by atoms with E-state index in [0.29, 0.717) is 6.42 Å². The number of thiol groups is 1. The van der Waals surface area contributed by atoms with Crippen molar-refractivity contribution in [2.24, 2.45) is 0 Å². The maximum atomic E-state index is 10.9. The molecular weight excluding hydrogens is 174 g/mol. The Balaban J connectivity index is 3.32. The molecule has 0 saturated carbocycles. The van der Waals surface area contributed by atoms with Gasteiger partial charge in [-0.25, -0.2) is 0 Å². The first-order valence-corrected chi connectivity index (χ1v) is 4.56. The number of hydrogen-bond donors (Lipinski definition) is 1. The van der Waals surface area contributed by atoms with Gasteiger partial charge in [-0.2, -0.15) is 0 Å². The molecule has 0 saturated heterocycles. The van der Waals surface area contributed by atoms with E-state index in [1.165, 1.54) is 0 Å². The van der Waals surface area contributed by atoms with Crippen molar-refractivity contribution < 1.29 is 9.53 Å². The van der Waals surface area contributed by atoms with E-state index < -0.39 is 0 Å². The highest BCUT2D eigenvalue weighted by Crippen LogP contribution is 2.00. The van der Waals surface area contributed by atoms with Crippen molar-refractivity contribution in [1.82, 2.24) is 4.90 Å². The SMILES string of the molecule is CC(S)OC(=O)CCCN(C)C. The highest BCUT2D eigenvalue weighted by molar-refractivity contribution is 7.80. The summed E-state index contributed by atoms with van der Waals surface area (Å²) in [6.45, 7) is 2.64. The van der Waals surface area contributed by atoms with Crippen molar-refractivity contribution in [1.29, 1.82) is 0 Å². The van der Waals surface area contributed by atoms with Crippen LogP contribution >= 0.6 is 12.6 Å². The number of nitrogens with zero attached hydrogens (tertiary/aromatic N) is 1. The number of hydrogen-bond acceptors (Lipinski definition) is 4. The molecule has 3 nitrogen and oxygen atoms in total. The third-order valence-corrected chi connectivity index (χ3v) is 1.39. The molecule has 0 fully saturated rings. The Morgan fingerprint density at radius 3 is 2.58 bits per heavy atom. The number of rotatable bonds is 5. The van der Waals surface area contributed by atoms with Gasteiger partial charge in [0, 0.05) is 6.42 Å². The molecule has 0 aromatic heterocycles. The standard InChI is InChI=1S/C8H17NO2S/c1-7(12)11-8(10)5-4-6-9(2)3/h7,12H,4-6H2,1-3H3. The molecule has 0 spiro atoms. The van der Waals surface area contributed by atoms with Gasteiger partial charge in [0.25, 0.3) is 0 Å². The summed E-state index contributed by atoms with van der Waals surface area (Å²) in [4.78, 5) is 13.0. The van der Waals surface area contributed by atoms with Crippen molar-refractivity contribution >= 4 is 18.6 Å². The van der Waals surface area contributed by atoms with Crippen LogP contribution in [0.5, 0.6) is 0 Å². The Bertz CT molecular complexity index is 137. The van der Waals surface area contributed by atoms with Crippen LogP contribution in [0.15, 0.2) is 0 Å². The van der Waals surface area contributed by atoms with Gasteiger partial charge in [-0.3, -0.25) is 4.79 Å². The second kappa shape index (κ2) is 6.31. The highest BCUT2D eigenvalue weighted by Gasteiger charge is 2.04. The lowest BCUT2D eigenvalue weighted by Crippen LogP contribution is -2.16. The maximum absolute atomic E-state index is 10.9. The Hall–Kier alpha value is -0.220. The van der Waals surface area contributed by atoms with E-state index in [1.807, 2.05) is 19.0 Å². The van der Waals surface area contributed by atoms with E-state index in [1.54, 1.807) is 6.92 Å². The first kappa shape index (κ1) is 11.8. The fourth-order valence-corrected chi connectivity index (χ4v) is 0.906. The quantitative estimate of drug-likeness (QED) is 0.401. The Morgan fingerprint density at radius 2 is 2.17 bits per heavy atom. The van der Waals surface area contributed by atoms with Gasteiger partial charge in [0.1, 0.15) is 5.44 Å². The summed E-state index contributed by atoms with van der Waals surface area (Å²) in [7, 11) is 3.96. The smallest absolute Gasteiger partial charge is 0.306 e. The molecular formula is C8H17NO2S. The summed E-state index contributed by atoms with van der Waals surface area (Å²) in [5.74, 6) is -0.167. The van der Waals surface area contributed by atoms with Crippen molar-refractivity contribution in [2.75, 3.05) is 20.6 Å². The topological polar surface area (TPSA) is 29.5 Å². The molecule has 0 N–H and O–H groups in total. The summed E-state index contributed by atoms with van der Waals surface area (Å²) < 4.78 is 4.84. The maximum Gasteiger partial charge on any atom is 0.306 e. The van der Waals surface area contributed by atoms with Gasteiger partial charge in [0.2, 0.25) is 0 Å². The van der Waals surface area contributed by atoms with Crippen LogP contribution < -0.4 is 0 Å². The second-order valence-electron chi connectivity index (χ2n) is 3.00. The molecule has 72 valence electrons. The molecule has 0 aromatic carbocycles. The summed E-state index contributed by atoms with van der Waals surface area (Å²) in [6, 6.07) is 0. The normalized spacial score (nSPS) is 13.1. The minimum Gasteiger partial charge on any atom is -0.452 e. The van der Waals surface area contributed by atoms with Crippen LogP contribution in [-0.2, 0) is 9.53 Å². The number of esters is 1. The molecule has 0 aromatic rings. The van der Waals surface area contributed by atoms with Gasteiger partial charge in [0.05, 0.1) is 0 Å².